The van der Waals surface area contributed by atoms with Crippen LogP contribution >= 0.6 is 23.5 Å². The molecule has 1 fully saturated rings. The first-order chi connectivity index (χ1) is 15.6. The number of aliphatic hydroxyl groups excluding tert-OH is 1. The monoisotopic (exact) mass is 465 g/mol. The van der Waals surface area contributed by atoms with Crippen LogP contribution in [0.4, 0.5) is 0 Å². The Hall–Kier alpha value is -2.41. The van der Waals surface area contributed by atoms with Crippen molar-refractivity contribution in [1.82, 2.24) is 4.90 Å². The summed E-state index contributed by atoms with van der Waals surface area (Å²) >= 11 is 3.50. The van der Waals surface area contributed by atoms with Crippen LogP contribution in [0.3, 0.4) is 0 Å². The molecule has 0 radical (unpaired) electrons. The molecule has 32 heavy (non-hydrogen) atoms. The molecule has 0 unspecified atom stereocenters. The van der Waals surface area contributed by atoms with E-state index >= 15 is 0 Å². The zero-order valence-electron chi connectivity index (χ0n) is 18.1. The van der Waals surface area contributed by atoms with E-state index < -0.39 is 12.0 Å². The summed E-state index contributed by atoms with van der Waals surface area (Å²) in [6, 6.07) is 28.2. The van der Waals surface area contributed by atoms with Crippen LogP contribution in [0.1, 0.15) is 12.5 Å². The molecule has 4 rings (SSSR count). The number of likely N-dealkylation sites (tertiary alicyclic amines) is 1. The molecule has 3 aromatic carbocycles. The standard InChI is InChI=1S/C26H27NO3S2/c1-18(28)23-24(27(25(23)29)17-19-13-15-20(30-2)16-14-19)26(31-21-9-5-3-6-10-21)32-22-11-7-4-8-12-22/h3-16,18,23-24,26,28H,17H2,1-2H3/t18-,23+,24-/m1/s1. The van der Waals surface area contributed by atoms with Crippen molar-refractivity contribution in [3.8, 4) is 5.75 Å². The second kappa shape index (κ2) is 10.5. The maximum Gasteiger partial charge on any atom is 0.231 e. The van der Waals surface area contributed by atoms with E-state index in [0.717, 1.165) is 21.1 Å². The highest BCUT2D eigenvalue weighted by molar-refractivity contribution is 8.17. The van der Waals surface area contributed by atoms with E-state index in [1.807, 2.05) is 65.6 Å². The largest absolute Gasteiger partial charge is 0.497 e. The lowest BCUT2D eigenvalue weighted by Gasteiger charge is -2.51. The van der Waals surface area contributed by atoms with E-state index in [-0.39, 0.29) is 16.5 Å². The predicted molar refractivity (Wildman–Crippen MR) is 131 cm³/mol. The van der Waals surface area contributed by atoms with Gasteiger partial charge in [0, 0.05) is 16.3 Å². The van der Waals surface area contributed by atoms with Crippen molar-refractivity contribution in [1.29, 1.82) is 0 Å². The number of hydrogen-bond donors (Lipinski definition) is 1. The average molecular weight is 466 g/mol. The number of ether oxygens (including phenoxy) is 1. The Bertz CT molecular complexity index is 971. The molecule has 0 saturated carbocycles. The molecule has 1 heterocycles. The third-order valence-electron chi connectivity index (χ3n) is 5.60. The van der Waals surface area contributed by atoms with Gasteiger partial charge in [0.05, 0.1) is 29.8 Å². The quantitative estimate of drug-likeness (QED) is 0.264. The Morgan fingerprint density at radius 3 is 1.91 bits per heavy atom. The molecule has 6 heteroatoms. The number of nitrogens with zero attached hydrogens (tertiary/aromatic N) is 1. The third-order valence-corrected chi connectivity index (χ3v) is 8.29. The van der Waals surface area contributed by atoms with Crippen molar-refractivity contribution >= 4 is 29.4 Å². The number of carbonyl (C=O) groups is 1. The van der Waals surface area contributed by atoms with Crippen molar-refractivity contribution in [2.75, 3.05) is 7.11 Å². The van der Waals surface area contributed by atoms with E-state index in [2.05, 4.69) is 24.3 Å². The minimum Gasteiger partial charge on any atom is -0.497 e. The number of rotatable bonds is 9. The van der Waals surface area contributed by atoms with Crippen molar-refractivity contribution in [2.45, 2.75) is 40.0 Å². The molecule has 4 nitrogen and oxygen atoms in total. The van der Waals surface area contributed by atoms with Crippen LogP contribution in [0.2, 0.25) is 0 Å². The lowest BCUT2D eigenvalue weighted by Crippen LogP contribution is -2.66. The summed E-state index contributed by atoms with van der Waals surface area (Å²) in [5.74, 6) is 0.387. The van der Waals surface area contributed by atoms with Crippen molar-refractivity contribution in [3.05, 3.63) is 90.5 Å². The summed E-state index contributed by atoms with van der Waals surface area (Å²) < 4.78 is 5.29. The number of amides is 1. The molecular formula is C26H27NO3S2. The topological polar surface area (TPSA) is 49.8 Å². The molecule has 3 aromatic rings. The summed E-state index contributed by atoms with van der Waals surface area (Å²) in [6.07, 6.45) is -0.699. The van der Waals surface area contributed by atoms with Crippen LogP contribution in [0.5, 0.6) is 5.75 Å². The molecule has 3 atom stereocenters. The van der Waals surface area contributed by atoms with Gasteiger partial charge in [-0.1, -0.05) is 48.5 Å². The third kappa shape index (κ3) is 5.14. The van der Waals surface area contributed by atoms with Crippen LogP contribution in [0, 0.1) is 5.92 Å². The van der Waals surface area contributed by atoms with E-state index in [1.54, 1.807) is 37.6 Å². The van der Waals surface area contributed by atoms with Crippen molar-refractivity contribution in [2.24, 2.45) is 5.92 Å². The molecule has 1 aliphatic heterocycles. The first kappa shape index (κ1) is 22.8. The highest BCUT2D eigenvalue weighted by Crippen LogP contribution is 2.46. The van der Waals surface area contributed by atoms with Gasteiger partial charge in [-0.25, -0.2) is 0 Å². The second-order valence-corrected chi connectivity index (χ2v) is 10.5. The molecule has 0 aliphatic carbocycles. The van der Waals surface area contributed by atoms with E-state index in [4.69, 9.17) is 4.74 Å². The van der Waals surface area contributed by atoms with Gasteiger partial charge >= 0.3 is 0 Å². The Labute approximate surface area is 198 Å². The summed E-state index contributed by atoms with van der Waals surface area (Å²) in [5, 5.41) is 10.5. The molecule has 1 amide bonds. The molecule has 1 saturated heterocycles. The van der Waals surface area contributed by atoms with E-state index in [9.17, 15) is 9.90 Å². The second-order valence-electron chi connectivity index (χ2n) is 7.80. The number of β-lactam (4-membered cyclic amide) rings is 1. The number of hydrogen-bond acceptors (Lipinski definition) is 5. The van der Waals surface area contributed by atoms with Gasteiger partial charge in [0.25, 0.3) is 0 Å². The zero-order chi connectivity index (χ0) is 22.5. The summed E-state index contributed by atoms with van der Waals surface area (Å²) in [6.45, 7) is 2.23. The van der Waals surface area contributed by atoms with Crippen molar-refractivity contribution < 1.29 is 14.6 Å². The number of thioether (sulfide) groups is 2. The van der Waals surface area contributed by atoms with Crippen LogP contribution in [0.25, 0.3) is 0 Å². The normalized spacial score (nSPS) is 19.0. The summed E-state index contributed by atoms with van der Waals surface area (Å²) in [7, 11) is 1.64. The van der Waals surface area contributed by atoms with Gasteiger partial charge in [0.1, 0.15) is 5.75 Å². The molecular weight excluding hydrogens is 438 g/mol. The van der Waals surface area contributed by atoms with Gasteiger partial charge in [0.15, 0.2) is 0 Å². The Morgan fingerprint density at radius 2 is 1.44 bits per heavy atom. The maximum atomic E-state index is 13.1. The van der Waals surface area contributed by atoms with Gasteiger partial charge in [-0.15, -0.1) is 23.5 Å². The van der Waals surface area contributed by atoms with E-state index in [0.29, 0.717) is 6.54 Å². The van der Waals surface area contributed by atoms with Gasteiger partial charge in [-0.3, -0.25) is 4.79 Å². The Balaban J connectivity index is 1.62. The number of aliphatic hydroxyl groups is 1. The van der Waals surface area contributed by atoms with Gasteiger partial charge in [0.2, 0.25) is 5.91 Å². The minimum atomic E-state index is -0.699. The van der Waals surface area contributed by atoms with E-state index in [1.165, 1.54) is 0 Å². The Morgan fingerprint density at radius 1 is 0.906 bits per heavy atom. The summed E-state index contributed by atoms with van der Waals surface area (Å²) in [4.78, 5) is 17.3. The lowest BCUT2D eigenvalue weighted by molar-refractivity contribution is -0.163. The fraction of sp³-hybridized carbons (Fsp3) is 0.269. The van der Waals surface area contributed by atoms with Crippen LogP contribution in [-0.2, 0) is 11.3 Å². The molecule has 1 aliphatic rings. The minimum absolute atomic E-state index is 0.00754. The summed E-state index contributed by atoms with van der Waals surface area (Å²) in [5.41, 5.74) is 1.04. The highest BCUT2D eigenvalue weighted by atomic mass is 32.2. The lowest BCUT2D eigenvalue weighted by atomic mass is 9.83. The maximum absolute atomic E-state index is 13.1. The molecule has 0 aromatic heterocycles. The van der Waals surface area contributed by atoms with Gasteiger partial charge in [-0.2, -0.15) is 0 Å². The fourth-order valence-electron chi connectivity index (χ4n) is 3.94. The average Bonchev–Trinajstić information content (AvgIpc) is 2.81. The van der Waals surface area contributed by atoms with Gasteiger partial charge in [-0.05, 0) is 48.9 Å². The van der Waals surface area contributed by atoms with Crippen LogP contribution in [0.15, 0.2) is 94.7 Å². The zero-order valence-corrected chi connectivity index (χ0v) is 19.8. The molecule has 1 N–H and O–H groups in total. The number of carbonyl (C=O) groups excluding carboxylic acids is 1. The predicted octanol–water partition coefficient (Wildman–Crippen LogP) is 5.31. The smallest absolute Gasteiger partial charge is 0.231 e. The SMILES string of the molecule is COc1ccc(CN2C(=O)[C@@H]([C@@H](C)O)[C@@H]2C(Sc2ccccc2)Sc2ccccc2)cc1. The van der Waals surface area contributed by atoms with Crippen LogP contribution in [-0.4, -0.2) is 39.8 Å². The number of methoxy groups -OCH3 is 1. The highest BCUT2D eigenvalue weighted by Gasteiger charge is 2.53. The first-order valence-corrected chi connectivity index (χ1v) is 12.4. The number of benzene rings is 3. The first-order valence-electron chi connectivity index (χ1n) is 10.6. The molecule has 166 valence electrons. The Kier molecular flexibility index (Phi) is 7.45. The molecule has 0 spiro atoms. The fourth-order valence-corrected chi connectivity index (χ4v) is 6.88. The van der Waals surface area contributed by atoms with Crippen LogP contribution < -0.4 is 4.74 Å². The van der Waals surface area contributed by atoms with Gasteiger partial charge < -0.3 is 14.7 Å². The molecule has 0 bridgehead atoms. The van der Waals surface area contributed by atoms with Crippen molar-refractivity contribution in [3.63, 3.8) is 0 Å².